The lowest BCUT2D eigenvalue weighted by Crippen LogP contribution is -2.48. The van der Waals surface area contributed by atoms with Crippen molar-refractivity contribution in [2.45, 2.75) is 31.8 Å². The number of aryl methyl sites for hydroxylation is 2. The molecule has 1 aromatic heterocycles. The second kappa shape index (κ2) is 7.77. The van der Waals surface area contributed by atoms with Gasteiger partial charge < -0.3 is 4.74 Å². The SMILES string of the molecule is CCn1cc(S(=O)(=O)N2CCN(Cc3cccc(OC)c3)CC2)c(C)n1. The minimum atomic E-state index is -3.49. The number of hydrogen-bond acceptors (Lipinski definition) is 5. The predicted octanol–water partition coefficient (Wildman–Crippen LogP) is 1.73. The van der Waals surface area contributed by atoms with Crippen molar-refractivity contribution in [3.05, 3.63) is 41.7 Å². The lowest BCUT2D eigenvalue weighted by atomic mass is 10.2. The summed E-state index contributed by atoms with van der Waals surface area (Å²) in [7, 11) is -1.83. The number of ether oxygens (including phenoxy) is 1. The Labute approximate surface area is 155 Å². The van der Waals surface area contributed by atoms with Crippen molar-refractivity contribution in [2.24, 2.45) is 0 Å². The fourth-order valence-corrected chi connectivity index (χ4v) is 4.80. The highest BCUT2D eigenvalue weighted by Gasteiger charge is 2.31. The molecule has 0 N–H and O–H groups in total. The average molecular weight is 378 g/mol. The number of nitrogens with zero attached hydrogens (tertiary/aromatic N) is 4. The van der Waals surface area contributed by atoms with Crippen LogP contribution in [-0.4, -0.2) is 60.7 Å². The first-order valence-corrected chi connectivity index (χ1v) is 10.3. The molecule has 7 nitrogen and oxygen atoms in total. The van der Waals surface area contributed by atoms with E-state index in [1.165, 1.54) is 5.56 Å². The fraction of sp³-hybridized carbons (Fsp3) is 0.500. The van der Waals surface area contributed by atoms with Gasteiger partial charge in [-0.3, -0.25) is 9.58 Å². The van der Waals surface area contributed by atoms with Gasteiger partial charge in [0.05, 0.1) is 12.8 Å². The van der Waals surface area contributed by atoms with Gasteiger partial charge in [0.2, 0.25) is 10.0 Å². The number of aromatic nitrogens is 2. The topological polar surface area (TPSA) is 67.7 Å². The van der Waals surface area contributed by atoms with Crippen LogP contribution in [0.4, 0.5) is 0 Å². The Kier molecular flexibility index (Phi) is 5.64. The second-order valence-corrected chi connectivity index (χ2v) is 8.37. The molecule has 2 heterocycles. The van der Waals surface area contributed by atoms with E-state index in [1.807, 2.05) is 25.1 Å². The summed E-state index contributed by atoms with van der Waals surface area (Å²) in [5.41, 5.74) is 1.73. The van der Waals surface area contributed by atoms with Crippen molar-refractivity contribution in [3.63, 3.8) is 0 Å². The Balaban J connectivity index is 1.64. The summed E-state index contributed by atoms with van der Waals surface area (Å²) < 4.78 is 34.3. The third kappa shape index (κ3) is 3.92. The van der Waals surface area contributed by atoms with Crippen molar-refractivity contribution in [3.8, 4) is 5.75 Å². The van der Waals surface area contributed by atoms with E-state index < -0.39 is 10.0 Å². The molecule has 0 amide bonds. The smallest absolute Gasteiger partial charge is 0.246 e. The van der Waals surface area contributed by atoms with Crippen LogP contribution in [-0.2, 0) is 23.1 Å². The molecule has 1 aliphatic heterocycles. The Morgan fingerprint density at radius 2 is 1.92 bits per heavy atom. The molecule has 0 bridgehead atoms. The first-order valence-electron chi connectivity index (χ1n) is 8.83. The lowest BCUT2D eigenvalue weighted by molar-refractivity contribution is 0.181. The zero-order valence-electron chi connectivity index (χ0n) is 15.6. The van der Waals surface area contributed by atoms with E-state index in [4.69, 9.17) is 4.74 Å². The summed E-state index contributed by atoms with van der Waals surface area (Å²) in [6.45, 7) is 7.53. The van der Waals surface area contributed by atoms with E-state index in [0.717, 1.165) is 12.3 Å². The zero-order chi connectivity index (χ0) is 18.7. The summed E-state index contributed by atoms with van der Waals surface area (Å²) in [4.78, 5) is 2.59. The third-order valence-corrected chi connectivity index (χ3v) is 6.72. The van der Waals surface area contributed by atoms with Crippen molar-refractivity contribution in [1.82, 2.24) is 19.0 Å². The van der Waals surface area contributed by atoms with Crippen LogP contribution in [0, 0.1) is 6.92 Å². The van der Waals surface area contributed by atoms with Gasteiger partial charge in [0, 0.05) is 45.5 Å². The average Bonchev–Trinajstić information content (AvgIpc) is 3.04. The molecule has 1 aromatic carbocycles. The quantitative estimate of drug-likeness (QED) is 0.766. The van der Waals surface area contributed by atoms with Gasteiger partial charge in [-0.25, -0.2) is 8.42 Å². The highest BCUT2D eigenvalue weighted by molar-refractivity contribution is 7.89. The third-order valence-electron chi connectivity index (χ3n) is 4.71. The molecule has 26 heavy (non-hydrogen) atoms. The first kappa shape index (κ1) is 18.9. The molecule has 1 aliphatic rings. The number of rotatable bonds is 6. The van der Waals surface area contributed by atoms with Crippen molar-refractivity contribution < 1.29 is 13.2 Å². The summed E-state index contributed by atoms with van der Waals surface area (Å²) in [5.74, 6) is 0.840. The maximum absolute atomic E-state index is 12.9. The van der Waals surface area contributed by atoms with E-state index in [9.17, 15) is 8.42 Å². The molecule has 0 unspecified atom stereocenters. The second-order valence-electron chi connectivity index (χ2n) is 6.47. The van der Waals surface area contributed by atoms with Gasteiger partial charge in [-0.1, -0.05) is 12.1 Å². The van der Waals surface area contributed by atoms with Crippen LogP contribution in [0.1, 0.15) is 18.2 Å². The Morgan fingerprint density at radius 1 is 1.19 bits per heavy atom. The fourth-order valence-electron chi connectivity index (χ4n) is 3.21. The lowest BCUT2D eigenvalue weighted by Gasteiger charge is -2.33. The highest BCUT2D eigenvalue weighted by Crippen LogP contribution is 2.21. The minimum Gasteiger partial charge on any atom is -0.497 e. The van der Waals surface area contributed by atoms with Gasteiger partial charge >= 0.3 is 0 Å². The van der Waals surface area contributed by atoms with E-state index in [-0.39, 0.29) is 0 Å². The molecule has 8 heteroatoms. The van der Waals surface area contributed by atoms with Crippen LogP contribution in [0.2, 0.25) is 0 Å². The number of sulfonamides is 1. The van der Waals surface area contributed by atoms with Gasteiger partial charge in [-0.15, -0.1) is 0 Å². The van der Waals surface area contributed by atoms with Crippen LogP contribution in [0.25, 0.3) is 0 Å². The number of methoxy groups -OCH3 is 1. The van der Waals surface area contributed by atoms with E-state index >= 15 is 0 Å². The van der Waals surface area contributed by atoms with E-state index in [0.29, 0.717) is 43.3 Å². The standard InChI is InChI=1S/C18H26N4O3S/c1-4-21-14-18(15(2)19-21)26(23,24)22-10-8-20(9-11-22)13-16-6-5-7-17(12-16)25-3/h5-7,12,14H,4,8-11,13H2,1-3H3. The largest absolute Gasteiger partial charge is 0.497 e. The Morgan fingerprint density at radius 3 is 2.54 bits per heavy atom. The Hall–Kier alpha value is -1.90. The summed E-state index contributed by atoms with van der Waals surface area (Å²) in [6, 6.07) is 7.98. The molecular weight excluding hydrogens is 352 g/mol. The molecule has 1 fully saturated rings. The minimum absolute atomic E-state index is 0.320. The number of benzene rings is 1. The predicted molar refractivity (Wildman–Crippen MR) is 99.7 cm³/mol. The summed E-state index contributed by atoms with van der Waals surface area (Å²) >= 11 is 0. The number of piperazine rings is 1. The van der Waals surface area contributed by atoms with Gasteiger partial charge in [0.15, 0.2) is 0 Å². The van der Waals surface area contributed by atoms with Gasteiger partial charge in [-0.05, 0) is 31.5 Å². The molecule has 3 rings (SSSR count). The molecule has 0 spiro atoms. The zero-order valence-corrected chi connectivity index (χ0v) is 16.4. The molecular formula is C18H26N4O3S. The van der Waals surface area contributed by atoms with Crippen LogP contribution in [0.15, 0.2) is 35.4 Å². The Bertz CT molecular complexity index is 855. The van der Waals surface area contributed by atoms with Crippen LogP contribution >= 0.6 is 0 Å². The van der Waals surface area contributed by atoms with E-state index in [2.05, 4.69) is 16.1 Å². The van der Waals surface area contributed by atoms with Gasteiger partial charge in [0.1, 0.15) is 10.6 Å². The van der Waals surface area contributed by atoms with Crippen LogP contribution in [0.5, 0.6) is 5.75 Å². The molecule has 0 atom stereocenters. The highest BCUT2D eigenvalue weighted by atomic mass is 32.2. The van der Waals surface area contributed by atoms with Crippen molar-refractivity contribution in [2.75, 3.05) is 33.3 Å². The van der Waals surface area contributed by atoms with Crippen molar-refractivity contribution in [1.29, 1.82) is 0 Å². The van der Waals surface area contributed by atoms with Gasteiger partial charge in [0.25, 0.3) is 0 Å². The van der Waals surface area contributed by atoms with Crippen molar-refractivity contribution >= 4 is 10.0 Å². The first-order chi connectivity index (χ1) is 12.4. The maximum Gasteiger partial charge on any atom is 0.246 e. The summed E-state index contributed by atoms with van der Waals surface area (Å²) in [6.07, 6.45) is 1.63. The maximum atomic E-state index is 12.9. The molecule has 2 aromatic rings. The van der Waals surface area contributed by atoms with E-state index in [1.54, 1.807) is 29.2 Å². The van der Waals surface area contributed by atoms with Crippen LogP contribution < -0.4 is 4.74 Å². The number of hydrogen-bond donors (Lipinski definition) is 0. The molecule has 0 radical (unpaired) electrons. The summed E-state index contributed by atoms with van der Waals surface area (Å²) in [5, 5.41) is 4.27. The molecule has 1 saturated heterocycles. The van der Waals surface area contributed by atoms with Gasteiger partial charge in [-0.2, -0.15) is 9.40 Å². The molecule has 0 aliphatic carbocycles. The molecule has 142 valence electrons. The normalized spacial score (nSPS) is 16.7. The monoisotopic (exact) mass is 378 g/mol. The molecule has 0 saturated carbocycles. The van der Waals surface area contributed by atoms with Crippen LogP contribution in [0.3, 0.4) is 0 Å².